The van der Waals surface area contributed by atoms with Crippen molar-refractivity contribution in [2.24, 2.45) is 5.92 Å². The van der Waals surface area contributed by atoms with E-state index in [4.69, 9.17) is 22.1 Å². The number of nitrogens with zero attached hydrogens (tertiary/aromatic N) is 3. The molecule has 0 unspecified atom stereocenters. The molecule has 2 heterocycles. The van der Waals surface area contributed by atoms with Crippen molar-refractivity contribution in [3.05, 3.63) is 71.3 Å². The summed E-state index contributed by atoms with van der Waals surface area (Å²) in [5.41, 5.74) is 1.02. The van der Waals surface area contributed by atoms with Crippen LogP contribution in [0.5, 0.6) is 5.75 Å². The summed E-state index contributed by atoms with van der Waals surface area (Å²) in [6.07, 6.45) is 2.54. The highest BCUT2D eigenvalue weighted by molar-refractivity contribution is 7.71. The fourth-order valence-corrected chi connectivity index (χ4v) is 4.01. The first kappa shape index (κ1) is 18.9. The first-order valence-corrected chi connectivity index (χ1v) is 10.4. The van der Waals surface area contributed by atoms with Crippen LogP contribution in [-0.4, -0.2) is 27.4 Å². The lowest BCUT2D eigenvalue weighted by molar-refractivity contribution is -0.929. The third-order valence-electron chi connectivity index (χ3n) is 5.39. The molecule has 0 saturated carbocycles. The summed E-state index contributed by atoms with van der Waals surface area (Å²) in [4.78, 5) is 1.54. The van der Waals surface area contributed by atoms with E-state index in [1.165, 1.54) is 25.9 Å². The minimum Gasteiger partial charge on any atom is -0.486 e. The average molecular weight is 396 g/mol. The topological polar surface area (TPSA) is 36.4 Å². The quantitative estimate of drug-likeness (QED) is 0.651. The van der Waals surface area contributed by atoms with Gasteiger partial charge in [-0.3, -0.25) is 4.57 Å². The zero-order chi connectivity index (χ0) is 19.3. The number of rotatable bonds is 6. The van der Waals surface area contributed by atoms with E-state index in [-0.39, 0.29) is 0 Å². The van der Waals surface area contributed by atoms with Gasteiger partial charge in [0.2, 0.25) is 4.77 Å². The fraction of sp³-hybridized carbons (Fsp3) is 0.364. The Morgan fingerprint density at radius 1 is 1.04 bits per heavy atom. The minimum atomic E-state index is 0.377. The van der Waals surface area contributed by atoms with E-state index >= 15 is 0 Å². The number of aromatic nitrogens is 3. The van der Waals surface area contributed by atoms with Crippen LogP contribution in [0, 0.1) is 10.7 Å². The summed E-state index contributed by atoms with van der Waals surface area (Å²) in [5.74, 6) is 2.48. The number of nitrogens with one attached hydrogen (secondary N) is 1. The molecule has 1 saturated heterocycles. The Balaban J connectivity index is 1.61. The molecule has 1 fully saturated rings. The Morgan fingerprint density at radius 2 is 1.68 bits per heavy atom. The first-order valence-electron chi connectivity index (χ1n) is 9.96. The largest absolute Gasteiger partial charge is 0.486 e. The molecule has 2 aromatic carbocycles. The van der Waals surface area contributed by atoms with E-state index in [1.807, 2.05) is 57.8 Å². The number of ether oxygens (including phenoxy) is 1. The zero-order valence-corrected chi connectivity index (χ0v) is 17.1. The maximum absolute atomic E-state index is 5.98. The normalized spacial score (nSPS) is 19.5. The van der Waals surface area contributed by atoms with Crippen molar-refractivity contribution in [3.63, 3.8) is 0 Å². The van der Waals surface area contributed by atoms with Gasteiger partial charge in [-0.15, -0.1) is 5.10 Å². The monoisotopic (exact) mass is 395 g/mol. The first-order chi connectivity index (χ1) is 13.7. The van der Waals surface area contributed by atoms with Crippen molar-refractivity contribution in [3.8, 4) is 11.4 Å². The predicted octanol–water partition coefficient (Wildman–Crippen LogP) is 3.25. The summed E-state index contributed by atoms with van der Waals surface area (Å²) in [6.45, 7) is 5.88. The fourth-order valence-electron chi connectivity index (χ4n) is 3.69. The van der Waals surface area contributed by atoms with E-state index in [0.29, 0.717) is 6.61 Å². The molecule has 1 aliphatic rings. The zero-order valence-electron chi connectivity index (χ0n) is 16.3. The third-order valence-corrected chi connectivity index (χ3v) is 5.78. The second-order valence-electron chi connectivity index (χ2n) is 7.56. The Morgan fingerprint density at radius 3 is 2.36 bits per heavy atom. The van der Waals surface area contributed by atoms with Crippen LogP contribution in [0.2, 0.25) is 0 Å². The summed E-state index contributed by atoms with van der Waals surface area (Å²) >= 11 is 5.81. The van der Waals surface area contributed by atoms with Crippen LogP contribution in [-0.2, 0) is 13.3 Å². The number of quaternary nitrogens is 1. The third kappa shape index (κ3) is 4.34. The molecule has 0 amide bonds. The summed E-state index contributed by atoms with van der Waals surface area (Å²) in [7, 11) is 0. The standard InChI is InChI=1S/C22H26N4OS/c1-18-12-14-24(15-13-18)17-25-22(28)26(19-8-4-2-5-9-19)21(23-25)16-27-20-10-6-3-7-11-20/h2-11,18H,12-17H2,1H3/p+1. The Bertz CT molecular complexity index is 944. The van der Waals surface area contributed by atoms with Crippen molar-refractivity contribution >= 4 is 12.2 Å². The molecule has 146 valence electrons. The van der Waals surface area contributed by atoms with Gasteiger partial charge in [-0.1, -0.05) is 43.3 Å². The van der Waals surface area contributed by atoms with Gasteiger partial charge in [0.25, 0.3) is 0 Å². The molecule has 0 aliphatic carbocycles. The van der Waals surface area contributed by atoms with Crippen LogP contribution in [0.25, 0.3) is 5.69 Å². The molecule has 1 aliphatic heterocycles. The highest BCUT2D eigenvalue weighted by atomic mass is 32.1. The van der Waals surface area contributed by atoms with Crippen LogP contribution in [0.1, 0.15) is 25.6 Å². The highest BCUT2D eigenvalue weighted by Crippen LogP contribution is 2.16. The van der Waals surface area contributed by atoms with E-state index in [1.54, 1.807) is 4.90 Å². The lowest BCUT2D eigenvalue weighted by atomic mass is 10.00. The van der Waals surface area contributed by atoms with E-state index in [2.05, 4.69) is 19.1 Å². The van der Waals surface area contributed by atoms with Crippen molar-refractivity contribution in [2.45, 2.75) is 33.0 Å². The lowest BCUT2D eigenvalue weighted by Crippen LogP contribution is -3.12. The Hall–Kier alpha value is -2.44. The minimum absolute atomic E-state index is 0.377. The number of hydrogen-bond donors (Lipinski definition) is 1. The van der Waals surface area contributed by atoms with E-state index in [9.17, 15) is 0 Å². The number of likely N-dealkylation sites (tertiary alicyclic amines) is 1. The molecule has 0 bridgehead atoms. The van der Waals surface area contributed by atoms with Gasteiger partial charge in [0, 0.05) is 5.69 Å². The summed E-state index contributed by atoms with van der Waals surface area (Å²) in [5, 5.41) is 4.84. The molecule has 0 atom stereocenters. The Kier molecular flexibility index (Phi) is 5.88. The van der Waals surface area contributed by atoms with Gasteiger partial charge < -0.3 is 9.64 Å². The molecule has 4 rings (SSSR count). The summed E-state index contributed by atoms with van der Waals surface area (Å²) < 4.78 is 10.7. The molecule has 0 spiro atoms. The predicted molar refractivity (Wildman–Crippen MR) is 112 cm³/mol. The second kappa shape index (κ2) is 8.71. The van der Waals surface area contributed by atoms with Crippen molar-refractivity contribution in [1.82, 2.24) is 14.3 Å². The molecule has 1 aromatic heterocycles. The van der Waals surface area contributed by atoms with Crippen molar-refractivity contribution in [1.29, 1.82) is 0 Å². The molecular formula is C22H27N4OS+. The van der Waals surface area contributed by atoms with Crippen molar-refractivity contribution in [2.75, 3.05) is 13.1 Å². The van der Waals surface area contributed by atoms with Gasteiger partial charge in [0.1, 0.15) is 12.4 Å². The number of benzene rings is 2. The van der Waals surface area contributed by atoms with Gasteiger partial charge in [-0.05, 0) is 55.2 Å². The molecular weight excluding hydrogens is 368 g/mol. The van der Waals surface area contributed by atoms with E-state index < -0.39 is 0 Å². The van der Waals surface area contributed by atoms with Gasteiger partial charge in [-0.25, -0.2) is 0 Å². The molecule has 3 aromatic rings. The average Bonchev–Trinajstić information content (AvgIpc) is 3.05. The molecule has 6 heteroatoms. The van der Waals surface area contributed by atoms with Crippen LogP contribution >= 0.6 is 12.2 Å². The molecule has 1 N–H and O–H groups in total. The van der Waals surface area contributed by atoms with E-state index in [0.717, 1.165) is 34.6 Å². The molecule has 0 radical (unpaired) electrons. The van der Waals surface area contributed by atoms with Crippen molar-refractivity contribution < 1.29 is 9.64 Å². The Labute approximate surface area is 171 Å². The van der Waals surface area contributed by atoms with Crippen LogP contribution in [0.15, 0.2) is 60.7 Å². The lowest BCUT2D eigenvalue weighted by Gasteiger charge is -2.26. The molecule has 28 heavy (non-hydrogen) atoms. The van der Waals surface area contributed by atoms with Crippen LogP contribution < -0.4 is 9.64 Å². The van der Waals surface area contributed by atoms with Gasteiger partial charge in [-0.2, -0.15) is 4.68 Å². The highest BCUT2D eigenvalue weighted by Gasteiger charge is 2.21. The van der Waals surface area contributed by atoms with Crippen LogP contribution in [0.4, 0.5) is 0 Å². The van der Waals surface area contributed by atoms with Gasteiger partial charge >= 0.3 is 0 Å². The SMILES string of the molecule is CC1CC[NH+](Cn2nc(COc3ccccc3)n(-c3ccccc3)c2=S)CC1. The smallest absolute Gasteiger partial charge is 0.207 e. The van der Waals surface area contributed by atoms with Crippen LogP contribution in [0.3, 0.4) is 0 Å². The van der Waals surface area contributed by atoms with Gasteiger partial charge in [0.15, 0.2) is 12.5 Å². The second-order valence-corrected chi connectivity index (χ2v) is 7.93. The number of piperidine rings is 1. The number of para-hydroxylation sites is 2. The van der Waals surface area contributed by atoms with Gasteiger partial charge in [0.05, 0.1) is 13.1 Å². The summed E-state index contributed by atoms with van der Waals surface area (Å²) in [6, 6.07) is 20.0. The maximum Gasteiger partial charge on any atom is 0.207 e. The maximum atomic E-state index is 5.98. The number of hydrogen-bond acceptors (Lipinski definition) is 3. The molecule has 5 nitrogen and oxygen atoms in total.